The van der Waals surface area contributed by atoms with E-state index in [-0.39, 0.29) is 18.1 Å². The molecule has 1 fully saturated rings. The van der Waals surface area contributed by atoms with Crippen LogP contribution in [0.25, 0.3) is 0 Å². The topological polar surface area (TPSA) is 54.3 Å². The number of rotatable bonds is 4. The molecule has 2 unspecified atom stereocenters. The summed E-state index contributed by atoms with van der Waals surface area (Å²) in [5.74, 6) is -0.0433. The van der Waals surface area contributed by atoms with Crippen molar-refractivity contribution >= 4 is 21.8 Å². The summed E-state index contributed by atoms with van der Waals surface area (Å²) in [5, 5.41) is 12.7. The van der Waals surface area contributed by atoms with E-state index in [0.717, 1.165) is 36.7 Å². The molecule has 2 atom stereocenters. The maximum Gasteiger partial charge on any atom is 0.268 e. The Kier molecular flexibility index (Phi) is 5.05. The van der Waals surface area contributed by atoms with Gasteiger partial charge in [-0.3, -0.25) is 4.79 Å². The van der Waals surface area contributed by atoms with Crippen LogP contribution in [0.2, 0.25) is 0 Å². The number of halogens is 1. The number of nitrogens with one attached hydrogen (secondary N) is 1. The molecule has 5 heteroatoms. The fourth-order valence-corrected chi connectivity index (χ4v) is 3.11. The number of hydrogen-bond donors (Lipinski definition) is 2. The molecule has 0 spiro atoms. The van der Waals surface area contributed by atoms with Gasteiger partial charge in [0.25, 0.3) is 5.91 Å². The number of carbonyl (C=O) groups excluding carboxylic acids is 1. The van der Waals surface area contributed by atoms with E-state index in [2.05, 4.69) is 28.2 Å². The molecule has 0 aromatic carbocycles. The molecule has 1 heterocycles. The van der Waals surface area contributed by atoms with E-state index in [1.165, 1.54) is 0 Å². The van der Waals surface area contributed by atoms with Gasteiger partial charge in [0.15, 0.2) is 0 Å². The van der Waals surface area contributed by atoms with Crippen molar-refractivity contribution in [3.63, 3.8) is 0 Å². The molecule has 0 saturated heterocycles. The van der Waals surface area contributed by atoms with Crippen molar-refractivity contribution < 1.29 is 9.90 Å². The van der Waals surface area contributed by atoms with Crippen molar-refractivity contribution in [1.29, 1.82) is 0 Å². The number of aromatic nitrogens is 1. The lowest BCUT2D eigenvalue weighted by atomic mass is 9.93. The number of nitrogens with zero attached hydrogens (tertiary/aromatic N) is 1. The average molecular weight is 329 g/mol. The van der Waals surface area contributed by atoms with E-state index >= 15 is 0 Å². The lowest BCUT2D eigenvalue weighted by Gasteiger charge is -2.26. The number of hydrogen-bond acceptors (Lipinski definition) is 2. The Morgan fingerprint density at radius 2 is 2.37 bits per heavy atom. The van der Waals surface area contributed by atoms with Gasteiger partial charge in [-0.1, -0.05) is 6.92 Å². The Hall–Kier alpha value is -0.810. The van der Waals surface area contributed by atoms with Crippen LogP contribution in [-0.2, 0) is 6.54 Å². The summed E-state index contributed by atoms with van der Waals surface area (Å²) in [5.41, 5.74) is 0.689. The van der Waals surface area contributed by atoms with Gasteiger partial charge in [0.05, 0.1) is 6.10 Å². The molecule has 1 aromatic rings. The molecule has 1 aliphatic rings. The van der Waals surface area contributed by atoms with Crippen LogP contribution in [-0.4, -0.2) is 27.7 Å². The molecule has 0 aliphatic heterocycles. The maximum atomic E-state index is 12.3. The van der Waals surface area contributed by atoms with Crippen molar-refractivity contribution in [2.45, 2.75) is 57.7 Å². The Morgan fingerprint density at radius 1 is 1.58 bits per heavy atom. The van der Waals surface area contributed by atoms with Crippen LogP contribution in [0.5, 0.6) is 0 Å². The van der Waals surface area contributed by atoms with E-state index in [0.29, 0.717) is 12.1 Å². The van der Waals surface area contributed by atoms with E-state index in [4.69, 9.17) is 0 Å². The van der Waals surface area contributed by atoms with Gasteiger partial charge in [0, 0.05) is 23.3 Å². The Bertz CT molecular complexity index is 445. The van der Waals surface area contributed by atoms with Crippen LogP contribution in [0.1, 0.15) is 49.5 Å². The summed E-state index contributed by atoms with van der Waals surface area (Å²) in [4.78, 5) is 12.3. The van der Waals surface area contributed by atoms with E-state index < -0.39 is 0 Å². The predicted molar refractivity (Wildman–Crippen MR) is 78.2 cm³/mol. The third-order valence-electron chi connectivity index (χ3n) is 3.54. The van der Waals surface area contributed by atoms with Gasteiger partial charge in [-0.15, -0.1) is 0 Å². The van der Waals surface area contributed by atoms with Crippen molar-refractivity contribution in [3.05, 3.63) is 22.4 Å². The number of carbonyl (C=O) groups is 1. The second-order valence-electron chi connectivity index (χ2n) is 5.23. The van der Waals surface area contributed by atoms with Gasteiger partial charge < -0.3 is 15.0 Å². The first-order valence-corrected chi connectivity index (χ1v) is 7.74. The van der Waals surface area contributed by atoms with Gasteiger partial charge >= 0.3 is 0 Å². The molecule has 1 saturated carbocycles. The highest BCUT2D eigenvalue weighted by Crippen LogP contribution is 2.20. The maximum absolute atomic E-state index is 12.3. The highest BCUT2D eigenvalue weighted by atomic mass is 79.9. The number of aryl methyl sites for hydroxylation is 1. The minimum atomic E-state index is -0.270. The SMILES string of the molecule is CCCn1cc(Br)cc1C(=O)NC1CCCC(O)C1. The van der Waals surface area contributed by atoms with Crippen molar-refractivity contribution in [1.82, 2.24) is 9.88 Å². The molecule has 2 rings (SSSR count). The quantitative estimate of drug-likeness (QED) is 0.892. The van der Waals surface area contributed by atoms with Gasteiger partial charge in [-0.2, -0.15) is 0 Å². The highest BCUT2D eigenvalue weighted by molar-refractivity contribution is 9.10. The highest BCUT2D eigenvalue weighted by Gasteiger charge is 2.23. The molecular weight excluding hydrogens is 308 g/mol. The Labute approximate surface area is 122 Å². The minimum absolute atomic E-state index is 0.0433. The Balaban J connectivity index is 2.02. The summed E-state index contributed by atoms with van der Waals surface area (Å²) in [6.07, 6.45) is 6.11. The molecule has 1 aromatic heterocycles. The lowest BCUT2D eigenvalue weighted by molar-refractivity contribution is 0.0841. The van der Waals surface area contributed by atoms with E-state index in [1.807, 2.05) is 16.8 Å². The first-order chi connectivity index (χ1) is 9.10. The van der Waals surface area contributed by atoms with Crippen LogP contribution in [0.3, 0.4) is 0 Å². The predicted octanol–water partition coefficient (Wildman–Crippen LogP) is 2.69. The first kappa shape index (κ1) is 14.6. The summed E-state index contributed by atoms with van der Waals surface area (Å²) >= 11 is 3.42. The zero-order valence-corrected chi connectivity index (χ0v) is 12.8. The van der Waals surface area contributed by atoms with Crippen LogP contribution in [0.15, 0.2) is 16.7 Å². The van der Waals surface area contributed by atoms with Crippen molar-refractivity contribution in [3.8, 4) is 0 Å². The van der Waals surface area contributed by atoms with Crippen LogP contribution >= 0.6 is 15.9 Å². The molecule has 2 N–H and O–H groups in total. The average Bonchev–Trinajstić information content (AvgIpc) is 2.71. The lowest BCUT2D eigenvalue weighted by Crippen LogP contribution is -2.40. The number of aliphatic hydroxyl groups excluding tert-OH is 1. The molecule has 19 heavy (non-hydrogen) atoms. The third-order valence-corrected chi connectivity index (χ3v) is 3.98. The summed E-state index contributed by atoms with van der Waals surface area (Å²) < 4.78 is 2.90. The zero-order chi connectivity index (χ0) is 13.8. The minimum Gasteiger partial charge on any atom is -0.393 e. The van der Waals surface area contributed by atoms with Crippen molar-refractivity contribution in [2.24, 2.45) is 0 Å². The van der Waals surface area contributed by atoms with Gasteiger partial charge in [-0.25, -0.2) is 0 Å². The van der Waals surface area contributed by atoms with Gasteiger partial charge in [0.1, 0.15) is 5.69 Å². The monoisotopic (exact) mass is 328 g/mol. The van der Waals surface area contributed by atoms with Crippen molar-refractivity contribution in [2.75, 3.05) is 0 Å². The molecule has 1 amide bonds. The molecule has 0 bridgehead atoms. The molecular formula is C14H21BrN2O2. The summed E-state index contributed by atoms with van der Waals surface area (Å²) in [6.45, 7) is 2.93. The van der Waals surface area contributed by atoms with Gasteiger partial charge in [0.2, 0.25) is 0 Å². The largest absolute Gasteiger partial charge is 0.393 e. The third kappa shape index (κ3) is 3.83. The Morgan fingerprint density at radius 3 is 3.05 bits per heavy atom. The normalized spacial score (nSPS) is 23.3. The second kappa shape index (κ2) is 6.57. The first-order valence-electron chi connectivity index (χ1n) is 6.94. The fraction of sp³-hybridized carbons (Fsp3) is 0.643. The van der Waals surface area contributed by atoms with Crippen LogP contribution in [0, 0.1) is 0 Å². The summed E-state index contributed by atoms with van der Waals surface area (Å²) in [6, 6.07) is 1.95. The van der Waals surface area contributed by atoms with Crippen LogP contribution < -0.4 is 5.32 Å². The smallest absolute Gasteiger partial charge is 0.268 e. The molecule has 0 radical (unpaired) electrons. The molecule has 106 valence electrons. The molecule has 1 aliphatic carbocycles. The van der Waals surface area contributed by atoms with E-state index in [9.17, 15) is 9.90 Å². The number of amides is 1. The summed E-state index contributed by atoms with van der Waals surface area (Å²) in [7, 11) is 0. The number of aliphatic hydroxyl groups is 1. The van der Waals surface area contributed by atoms with E-state index in [1.54, 1.807) is 0 Å². The fourth-order valence-electron chi connectivity index (χ4n) is 2.65. The van der Waals surface area contributed by atoms with Crippen LogP contribution in [0.4, 0.5) is 0 Å². The molecule has 4 nitrogen and oxygen atoms in total. The zero-order valence-electron chi connectivity index (χ0n) is 11.2. The second-order valence-corrected chi connectivity index (χ2v) is 6.14. The standard InChI is InChI=1S/C14H21BrN2O2/c1-2-6-17-9-10(15)7-13(17)14(19)16-11-4-3-5-12(18)8-11/h7,9,11-12,18H,2-6,8H2,1H3,(H,16,19). The van der Waals surface area contributed by atoms with Gasteiger partial charge in [-0.05, 0) is 54.1 Å².